The third-order valence-corrected chi connectivity index (χ3v) is 4.17. The summed E-state index contributed by atoms with van der Waals surface area (Å²) in [6.45, 7) is 0. The highest BCUT2D eigenvalue weighted by atomic mass is 32.2. The van der Waals surface area contributed by atoms with E-state index >= 15 is 0 Å². The summed E-state index contributed by atoms with van der Waals surface area (Å²) in [5, 5.41) is -1.78. The van der Waals surface area contributed by atoms with Gasteiger partial charge in [0.05, 0.1) is 5.75 Å². The van der Waals surface area contributed by atoms with Crippen molar-refractivity contribution in [1.82, 2.24) is 4.98 Å². The molecule has 0 saturated carbocycles. The summed E-state index contributed by atoms with van der Waals surface area (Å²) >= 11 is 0. The normalized spacial score (nSPS) is 13.3. The van der Waals surface area contributed by atoms with E-state index in [2.05, 4.69) is 9.40 Å². The summed E-state index contributed by atoms with van der Waals surface area (Å²) in [6, 6.07) is 7.00. The van der Waals surface area contributed by atoms with Gasteiger partial charge in [-0.05, 0) is 5.56 Å². The Labute approximate surface area is 125 Å². The van der Waals surface area contributed by atoms with Crippen molar-refractivity contribution in [3.63, 3.8) is 0 Å². The number of rotatable bonds is 3. The predicted octanol–water partition coefficient (Wildman–Crippen LogP) is 3.69. The molecule has 2 rings (SSSR count). The molecule has 0 spiro atoms. The van der Waals surface area contributed by atoms with Crippen molar-refractivity contribution in [3.8, 4) is 0 Å². The van der Waals surface area contributed by atoms with Crippen molar-refractivity contribution in [1.29, 1.82) is 0 Å². The molecule has 1 aromatic carbocycles. The predicted molar refractivity (Wildman–Crippen MR) is 63.8 cm³/mol. The molecule has 2 aromatic rings. The van der Waals surface area contributed by atoms with E-state index in [0.717, 1.165) is 0 Å². The number of halogens is 6. The Morgan fingerprint density at radius 3 is 2.00 bits per heavy atom. The molecule has 1 heterocycles. The van der Waals surface area contributed by atoms with Gasteiger partial charge in [-0.3, -0.25) is 0 Å². The molecule has 0 aliphatic carbocycles. The molecule has 0 unspecified atom stereocenters. The van der Waals surface area contributed by atoms with E-state index in [1.165, 1.54) is 30.3 Å². The van der Waals surface area contributed by atoms with Gasteiger partial charge < -0.3 is 4.42 Å². The zero-order valence-electron chi connectivity index (χ0n) is 10.9. The van der Waals surface area contributed by atoms with Crippen molar-refractivity contribution in [2.75, 3.05) is 0 Å². The summed E-state index contributed by atoms with van der Waals surface area (Å²) in [4.78, 5) is 2.52. The van der Waals surface area contributed by atoms with Crippen LogP contribution >= 0.6 is 0 Å². The van der Waals surface area contributed by atoms with E-state index in [1.807, 2.05) is 0 Å². The number of hydrogen-bond acceptors (Lipinski definition) is 4. The molecule has 0 aliphatic rings. The summed E-state index contributed by atoms with van der Waals surface area (Å²) in [7, 11) is -4.79. The second kappa shape index (κ2) is 5.55. The fourth-order valence-electron chi connectivity index (χ4n) is 1.68. The van der Waals surface area contributed by atoms with Gasteiger partial charge in [-0.2, -0.15) is 31.3 Å². The quantitative estimate of drug-likeness (QED) is 0.785. The highest BCUT2D eigenvalue weighted by molar-refractivity contribution is 7.90. The minimum Gasteiger partial charge on any atom is -0.427 e. The maximum absolute atomic E-state index is 12.8. The summed E-state index contributed by atoms with van der Waals surface area (Å²) in [6.07, 6.45) is -10.8. The SMILES string of the molecule is O=S(=O)(Cc1ccccc1)c1nc(C(F)(F)F)oc1C(F)(F)F. The third-order valence-electron chi connectivity index (χ3n) is 2.59. The van der Waals surface area contributed by atoms with Crippen LogP contribution in [0.3, 0.4) is 0 Å². The lowest BCUT2D eigenvalue weighted by molar-refractivity contribution is -0.173. The lowest BCUT2D eigenvalue weighted by atomic mass is 10.2. The second-order valence-corrected chi connectivity index (χ2v) is 6.30. The maximum Gasteiger partial charge on any atom is 0.468 e. The van der Waals surface area contributed by atoms with Crippen LogP contribution in [-0.4, -0.2) is 13.4 Å². The first-order valence-corrected chi connectivity index (χ1v) is 7.48. The minimum atomic E-state index is -5.43. The van der Waals surface area contributed by atoms with Crippen LogP contribution in [0.15, 0.2) is 39.8 Å². The smallest absolute Gasteiger partial charge is 0.427 e. The first kappa shape index (κ1) is 17.3. The molecule has 0 saturated heterocycles. The monoisotopic (exact) mass is 359 g/mol. The molecule has 0 N–H and O–H groups in total. The van der Waals surface area contributed by atoms with Crippen LogP contribution in [0.5, 0.6) is 0 Å². The molecule has 126 valence electrons. The lowest BCUT2D eigenvalue weighted by Crippen LogP contribution is -2.13. The van der Waals surface area contributed by atoms with Crippen LogP contribution in [0.1, 0.15) is 17.2 Å². The number of benzene rings is 1. The number of nitrogens with zero attached hydrogens (tertiary/aromatic N) is 1. The molecule has 0 atom stereocenters. The van der Waals surface area contributed by atoms with Gasteiger partial charge in [0.25, 0.3) is 0 Å². The molecule has 0 radical (unpaired) electrons. The number of hydrogen-bond donors (Lipinski definition) is 0. The summed E-state index contributed by atoms with van der Waals surface area (Å²) < 4.78 is 103. The Morgan fingerprint density at radius 2 is 1.52 bits per heavy atom. The Kier molecular flexibility index (Phi) is 4.18. The Morgan fingerprint density at radius 1 is 0.957 bits per heavy atom. The molecule has 1 aromatic heterocycles. The van der Waals surface area contributed by atoms with Gasteiger partial charge in [-0.25, -0.2) is 8.42 Å². The Bertz CT molecular complexity index is 792. The van der Waals surface area contributed by atoms with Crippen molar-refractivity contribution < 1.29 is 39.2 Å². The number of aromatic nitrogens is 1. The first-order chi connectivity index (χ1) is 10.4. The van der Waals surface area contributed by atoms with Crippen molar-refractivity contribution in [2.24, 2.45) is 0 Å². The molecule has 0 aliphatic heterocycles. The van der Waals surface area contributed by atoms with E-state index in [4.69, 9.17) is 0 Å². The van der Waals surface area contributed by atoms with Crippen LogP contribution in [0.4, 0.5) is 26.3 Å². The van der Waals surface area contributed by atoms with Crippen LogP contribution in [0.2, 0.25) is 0 Å². The topological polar surface area (TPSA) is 60.2 Å². The Balaban J connectivity index is 2.55. The number of alkyl halides is 6. The van der Waals surface area contributed by atoms with Gasteiger partial charge in [-0.15, -0.1) is 0 Å². The summed E-state index contributed by atoms with van der Waals surface area (Å²) in [5.41, 5.74) is 0.0946. The minimum absolute atomic E-state index is 0.0946. The third kappa shape index (κ3) is 3.84. The second-order valence-electron chi connectivity index (χ2n) is 4.39. The van der Waals surface area contributed by atoms with E-state index in [-0.39, 0.29) is 5.56 Å². The van der Waals surface area contributed by atoms with Crippen molar-refractivity contribution in [2.45, 2.75) is 23.1 Å². The molecular weight excluding hydrogens is 352 g/mol. The maximum atomic E-state index is 12.8. The fourth-order valence-corrected chi connectivity index (χ4v) is 3.11. The van der Waals surface area contributed by atoms with Gasteiger partial charge in [0, 0.05) is 0 Å². The average Bonchev–Trinajstić information content (AvgIpc) is 2.85. The van der Waals surface area contributed by atoms with Crippen molar-refractivity contribution in [3.05, 3.63) is 47.5 Å². The first-order valence-electron chi connectivity index (χ1n) is 5.83. The van der Waals surface area contributed by atoms with Crippen LogP contribution in [0, 0.1) is 0 Å². The lowest BCUT2D eigenvalue weighted by Gasteiger charge is -2.06. The van der Waals surface area contributed by atoms with E-state index in [1.54, 1.807) is 0 Å². The molecule has 11 heteroatoms. The van der Waals surface area contributed by atoms with Crippen LogP contribution in [0.25, 0.3) is 0 Å². The van der Waals surface area contributed by atoms with Gasteiger partial charge in [0.15, 0.2) is 0 Å². The largest absolute Gasteiger partial charge is 0.468 e. The molecule has 4 nitrogen and oxygen atoms in total. The van der Waals surface area contributed by atoms with E-state index in [9.17, 15) is 34.8 Å². The molecule has 0 fully saturated rings. The molecule has 0 bridgehead atoms. The standard InChI is InChI=1S/C12H7F6NO3S/c13-11(14,15)8-9(19-10(22-8)12(16,17)18)23(20,21)6-7-4-2-1-3-5-7/h1-5H,6H2. The molecule has 0 amide bonds. The van der Waals surface area contributed by atoms with Crippen molar-refractivity contribution >= 4 is 9.84 Å². The summed E-state index contributed by atoms with van der Waals surface area (Å²) in [5.74, 6) is -5.50. The molecule has 23 heavy (non-hydrogen) atoms. The van der Waals surface area contributed by atoms with Gasteiger partial charge in [-0.1, -0.05) is 30.3 Å². The molecular formula is C12H7F6NO3S. The van der Waals surface area contributed by atoms with Gasteiger partial charge >= 0.3 is 18.2 Å². The van der Waals surface area contributed by atoms with E-state index in [0.29, 0.717) is 0 Å². The zero-order valence-corrected chi connectivity index (χ0v) is 11.8. The zero-order chi connectivity index (χ0) is 17.5. The highest BCUT2D eigenvalue weighted by Crippen LogP contribution is 2.39. The number of sulfone groups is 1. The van der Waals surface area contributed by atoms with Crippen LogP contribution in [-0.2, 0) is 27.9 Å². The highest BCUT2D eigenvalue weighted by Gasteiger charge is 2.48. The van der Waals surface area contributed by atoms with E-state index < -0.39 is 44.6 Å². The average molecular weight is 359 g/mol. The van der Waals surface area contributed by atoms with Gasteiger partial charge in [0.2, 0.25) is 20.6 Å². The number of oxazole rings is 1. The Hall–Kier alpha value is -2.04. The van der Waals surface area contributed by atoms with Gasteiger partial charge in [0.1, 0.15) is 0 Å². The fraction of sp³-hybridized carbons (Fsp3) is 0.250. The van der Waals surface area contributed by atoms with Crippen LogP contribution < -0.4 is 0 Å².